The number of nitrogens with one attached hydrogen (secondary N) is 1. The van der Waals surface area contributed by atoms with Gasteiger partial charge in [0.25, 0.3) is 5.56 Å². The van der Waals surface area contributed by atoms with Crippen LogP contribution in [0.25, 0.3) is 16.7 Å². The third kappa shape index (κ3) is 4.85. The first-order valence-corrected chi connectivity index (χ1v) is 12.8. The normalized spacial score (nSPS) is 15.9. The number of carbonyl (C=O) groups excluding carboxylic acids is 1. The van der Waals surface area contributed by atoms with Crippen molar-refractivity contribution >= 4 is 34.3 Å². The monoisotopic (exact) mass is 455 g/mol. The van der Waals surface area contributed by atoms with Crippen molar-refractivity contribution in [2.75, 3.05) is 6.54 Å². The van der Waals surface area contributed by atoms with Crippen molar-refractivity contribution < 1.29 is 4.79 Å². The van der Waals surface area contributed by atoms with Crippen LogP contribution in [0.3, 0.4) is 0 Å². The molecular formula is C24H33N5O2S. The van der Waals surface area contributed by atoms with Gasteiger partial charge in [-0.05, 0) is 44.2 Å². The van der Waals surface area contributed by atoms with Gasteiger partial charge < -0.3 is 5.32 Å². The minimum absolute atomic E-state index is 0.0258. The Balaban J connectivity index is 1.58. The van der Waals surface area contributed by atoms with Gasteiger partial charge in [-0.3, -0.25) is 18.6 Å². The number of fused-ring (bicyclic) bond motifs is 3. The maximum Gasteiger partial charge on any atom is 0.262 e. The quantitative estimate of drug-likeness (QED) is 0.382. The average Bonchev–Trinajstić information content (AvgIpc) is 3.23. The van der Waals surface area contributed by atoms with E-state index in [0.717, 1.165) is 31.3 Å². The second-order valence-electron chi connectivity index (χ2n) is 8.81. The molecule has 0 bridgehead atoms. The van der Waals surface area contributed by atoms with Gasteiger partial charge in [0, 0.05) is 13.1 Å². The van der Waals surface area contributed by atoms with Gasteiger partial charge in [0.15, 0.2) is 5.16 Å². The Hall–Kier alpha value is -2.35. The Kier molecular flexibility index (Phi) is 7.50. The number of hydrogen-bond donors (Lipinski definition) is 1. The zero-order valence-corrected chi connectivity index (χ0v) is 19.9. The fourth-order valence-electron chi connectivity index (χ4n) is 4.52. The first-order chi connectivity index (χ1) is 15.6. The molecule has 1 aromatic carbocycles. The number of rotatable bonds is 9. The standard InChI is InChI=1S/C24H33N5O2S/c1-3-4-10-15-28-22(31)19-13-8-9-14-20(19)29-23(28)26-27-24(29)32-17(2)21(30)25-16-18-11-6-5-7-12-18/h8-9,13-14,17-18H,3-7,10-12,15-16H2,1-2H3,(H,25,30). The van der Waals surface area contributed by atoms with Crippen LogP contribution < -0.4 is 10.9 Å². The summed E-state index contributed by atoms with van der Waals surface area (Å²) in [7, 11) is 0. The van der Waals surface area contributed by atoms with Crippen molar-refractivity contribution in [1.29, 1.82) is 0 Å². The van der Waals surface area contributed by atoms with Crippen LogP contribution in [0.15, 0.2) is 34.2 Å². The molecule has 3 aromatic rings. The van der Waals surface area contributed by atoms with Crippen LogP contribution in [0.2, 0.25) is 0 Å². The van der Waals surface area contributed by atoms with Gasteiger partial charge in [0.05, 0.1) is 16.2 Å². The van der Waals surface area contributed by atoms with E-state index in [1.54, 1.807) is 4.57 Å². The van der Waals surface area contributed by atoms with Gasteiger partial charge >= 0.3 is 0 Å². The molecule has 0 spiro atoms. The van der Waals surface area contributed by atoms with Gasteiger partial charge in [0.1, 0.15) is 0 Å². The molecule has 1 saturated carbocycles. The van der Waals surface area contributed by atoms with Gasteiger partial charge in [-0.15, -0.1) is 10.2 Å². The molecule has 1 fully saturated rings. The molecule has 1 aliphatic rings. The molecule has 1 N–H and O–H groups in total. The molecule has 4 rings (SSSR count). The number of hydrogen-bond acceptors (Lipinski definition) is 5. The Bertz CT molecular complexity index is 1130. The van der Waals surface area contributed by atoms with E-state index < -0.39 is 0 Å². The van der Waals surface area contributed by atoms with E-state index in [9.17, 15) is 9.59 Å². The highest BCUT2D eigenvalue weighted by molar-refractivity contribution is 8.00. The van der Waals surface area contributed by atoms with Gasteiger partial charge in [0.2, 0.25) is 11.7 Å². The van der Waals surface area contributed by atoms with Crippen LogP contribution in [0.5, 0.6) is 0 Å². The summed E-state index contributed by atoms with van der Waals surface area (Å²) in [4.78, 5) is 25.9. The maximum atomic E-state index is 13.1. The van der Waals surface area contributed by atoms with Crippen molar-refractivity contribution in [3.05, 3.63) is 34.6 Å². The maximum absolute atomic E-state index is 13.1. The van der Waals surface area contributed by atoms with E-state index in [1.165, 1.54) is 43.9 Å². The van der Waals surface area contributed by atoms with Crippen LogP contribution in [0.4, 0.5) is 0 Å². The fraction of sp³-hybridized carbons (Fsp3) is 0.583. The number of aryl methyl sites for hydroxylation is 1. The summed E-state index contributed by atoms with van der Waals surface area (Å²) in [5, 5.41) is 12.9. The Morgan fingerprint density at radius 1 is 1.19 bits per heavy atom. The highest BCUT2D eigenvalue weighted by Gasteiger charge is 2.22. The summed E-state index contributed by atoms with van der Waals surface area (Å²) in [5.74, 6) is 1.17. The Morgan fingerprint density at radius 2 is 1.97 bits per heavy atom. The molecule has 1 aliphatic carbocycles. The largest absolute Gasteiger partial charge is 0.355 e. The summed E-state index contributed by atoms with van der Waals surface area (Å²) in [6.07, 6.45) is 9.32. The SMILES string of the molecule is CCCCCn1c(=O)c2ccccc2n2c(SC(C)C(=O)NCC3CCCCC3)nnc12. The van der Waals surface area contributed by atoms with Crippen molar-refractivity contribution in [1.82, 2.24) is 24.5 Å². The van der Waals surface area contributed by atoms with Gasteiger partial charge in [-0.1, -0.05) is 62.9 Å². The van der Waals surface area contributed by atoms with E-state index >= 15 is 0 Å². The van der Waals surface area contributed by atoms with Crippen LogP contribution >= 0.6 is 11.8 Å². The number of benzene rings is 1. The molecule has 7 nitrogen and oxygen atoms in total. The summed E-state index contributed by atoms with van der Waals surface area (Å²) in [5.41, 5.74) is 0.744. The second kappa shape index (κ2) is 10.5. The van der Waals surface area contributed by atoms with E-state index in [0.29, 0.717) is 28.8 Å². The third-order valence-corrected chi connectivity index (χ3v) is 7.45. The average molecular weight is 456 g/mol. The van der Waals surface area contributed by atoms with Gasteiger partial charge in [-0.2, -0.15) is 0 Å². The van der Waals surface area contributed by atoms with Crippen molar-refractivity contribution in [3.63, 3.8) is 0 Å². The minimum atomic E-state index is -0.301. The van der Waals surface area contributed by atoms with Crippen LogP contribution in [0, 0.1) is 5.92 Å². The van der Waals surface area contributed by atoms with Crippen LogP contribution in [0.1, 0.15) is 65.2 Å². The molecule has 172 valence electrons. The minimum Gasteiger partial charge on any atom is -0.355 e. The zero-order chi connectivity index (χ0) is 22.5. The number of nitrogens with zero attached hydrogens (tertiary/aromatic N) is 4. The number of carbonyl (C=O) groups is 1. The zero-order valence-electron chi connectivity index (χ0n) is 19.0. The molecule has 1 unspecified atom stereocenters. The molecule has 0 radical (unpaired) electrons. The van der Waals surface area contributed by atoms with Crippen LogP contribution in [-0.4, -0.2) is 36.9 Å². The molecule has 2 aromatic heterocycles. The lowest BCUT2D eigenvalue weighted by Gasteiger charge is -2.22. The smallest absolute Gasteiger partial charge is 0.262 e. The predicted molar refractivity (Wildman–Crippen MR) is 129 cm³/mol. The summed E-state index contributed by atoms with van der Waals surface area (Å²) in [6.45, 7) is 5.41. The molecule has 8 heteroatoms. The predicted octanol–water partition coefficient (Wildman–Crippen LogP) is 4.41. The van der Waals surface area contributed by atoms with E-state index in [2.05, 4.69) is 22.4 Å². The molecule has 2 heterocycles. The van der Waals surface area contributed by atoms with Crippen molar-refractivity contribution in [2.45, 2.75) is 82.2 Å². The van der Waals surface area contributed by atoms with Gasteiger partial charge in [-0.25, -0.2) is 0 Å². The molecule has 1 atom stereocenters. The molecule has 0 aliphatic heterocycles. The summed E-state index contributed by atoms with van der Waals surface area (Å²) in [6, 6.07) is 7.56. The highest BCUT2D eigenvalue weighted by atomic mass is 32.2. The lowest BCUT2D eigenvalue weighted by atomic mass is 9.89. The lowest BCUT2D eigenvalue weighted by molar-refractivity contribution is -0.120. The highest BCUT2D eigenvalue weighted by Crippen LogP contribution is 2.26. The molecule has 32 heavy (non-hydrogen) atoms. The Morgan fingerprint density at radius 3 is 2.75 bits per heavy atom. The number of thioether (sulfide) groups is 1. The number of para-hydroxylation sites is 1. The molecular weight excluding hydrogens is 422 g/mol. The Labute approximate surface area is 193 Å². The summed E-state index contributed by atoms with van der Waals surface area (Å²) < 4.78 is 3.65. The second-order valence-corrected chi connectivity index (χ2v) is 10.1. The number of unbranched alkanes of at least 4 members (excludes halogenated alkanes) is 2. The van der Waals surface area contributed by atoms with E-state index in [-0.39, 0.29) is 16.7 Å². The third-order valence-electron chi connectivity index (χ3n) is 6.40. The van der Waals surface area contributed by atoms with Crippen molar-refractivity contribution in [3.8, 4) is 0 Å². The van der Waals surface area contributed by atoms with E-state index in [4.69, 9.17) is 0 Å². The van der Waals surface area contributed by atoms with Crippen molar-refractivity contribution in [2.24, 2.45) is 5.92 Å². The molecule has 0 saturated heterocycles. The summed E-state index contributed by atoms with van der Waals surface area (Å²) >= 11 is 1.39. The van der Waals surface area contributed by atoms with E-state index in [1.807, 2.05) is 35.6 Å². The van der Waals surface area contributed by atoms with Crippen LogP contribution in [-0.2, 0) is 11.3 Å². The first kappa shape index (κ1) is 22.8. The first-order valence-electron chi connectivity index (χ1n) is 11.9. The molecule has 1 amide bonds. The number of aromatic nitrogens is 4. The fourth-order valence-corrected chi connectivity index (χ4v) is 5.40. The number of amides is 1. The topological polar surface area (TPSA) is 81.3 Å². The lowest BCUT2D eigenvalue weighted by Crippen LogP contribution is -2.35.